The van der Waals surface area contributed by atoms with Gasteiger partial charge in [-0.1, -0.05) is 29.8 Å². The fourth-order valence-corrected chi connectivity index (χ4v) is 2.85. The fraction of sp³-hybridized carbons (Fsp3) is 0.357. The maximum Gasteiger partial charge on any atom is 0.229 e. The average Bonchev–Trinajstić information content (AvgIpc) is 2.98. The van der Waals surface area contributed by atoms with Gasteiger partial charge in [0.1, 0.15) is 12.0 Å². The van der Waals surface area contributed by atoms with Crippen LogP contribution in [0.25, 0.3) is 0 Å². The number of ether oxygens (including phenoxy) is 2. The lowest BCUT2D eigenvalue weighted by Crippen LogP contribution is -2.37. The monoisotopic (exact) mass is 279 g/mol. The molecule has 0 aromatic heterocycles. The summed E-state index contributed by atoms with van der Waals surface area (Å²) in [6.45, 7) is 0.216. The summed E-state index contributed by atoms with van der Waals surface area (Å²) in [5.41, 5.74) is 0.652. The Balaban J connectivity index is 2.02. The number of benzene rings is 1. The van der Waals surface area contributed by atoms with E-state index in [9.17, 15) is 4.79 Å². The van der Waals surface area contributed by atoms with E-state index < -0.39 is 0 Å². The van der Waals surface area contributed by atoms with Gasteiger partial charge in [-0.3, -0.25) is 4.79 Å². The first-order chi connectivity index (χ1) is 9.27. The molecule has 2 aliphatic rings. The number of hydrogen-bond acceptors (Lipinski definition) is 3. The number of halogens is 1. The molecule has 1 unspecified atom stereocenters. The van der Waals surface area contributed by atoms with Crippen molar-refractivity contribution in [3.8, 4) is 0 Å². The highest BCUT2D eigenvalue weighted by atomic mass is 35.5. The van der Waals surface area contributed by atoms with Gasteiger partial charge < -0.3 is 14.8 Å². The number of carbonyl (C=O) groups is 1. The Labute approximate surface area is 116 Å². The molecule has 0 bridgehead atoms. The van der Waals surface area contributed by atoms with Crippen molar-refractivity contribution in [2.45, 2.75) is 24.3 Å². The number of hydrogen-bond donors (Lipinski definition) is 1. The van der Waals surface area contributed by atoms with Gasteiger partial charge in [-0.2, -0.15) is 0 Å². The molecule has 1 N–H and O–H groups in total. The predicted octanol–water partition coefficient (Wildman–Crippen LogP) is 2.55. The SMILES string of the molecule is O=CNC1(C(C2=COCO2)c2ccccc2Cl)CC1. The highest BCUT2D eigenvalue weighted by molar-refractivity contribution is 6.31. The van der Waals surface area contributed by atoms with Gasteiger partial charge in [0.2, 0.25) is 13.2 Å². The zero-order valence-corrected chi connectivity index (χ0v) is 11.0. The smallest absolute Gasteiger partial charge is 0.229 e. The molecule has 5 heteroatoms. The van der Waals surface area contributed by atoms with Gasteiger partial charge in [-0.05, 0) is 24.5 Å². The molecule has 1 aliphatic heterocycles. The molecule has 1 amide bonds. The van der Waals surface area contributed by atoms with Crippen molar-refractivity contribution < 1.29 is 14.3 Å². The molecule has 100 valence electrons. The summed E-state index contributed by atoms with van der Waals surface area (Å²) in [6, 6.07) is 7.62. The molecule has 0 spiro atoms. The van der Waals surface area contributed by atoms with Gasteiger partial charge >= 0.3 is 0 Å². The minimum atomic E-state index is -0.299. The molecule has 0 radical (unpaired) electrons. The van der Waals surface area contributed by atoms with Crippen LogP contribution in [0.2, 0.25) is 5.02 Å². The fourth-order valence-electron chi connectivity index (χ4n) is 2.60. The quantitative estimate of drug-likeness (QED) is 0.843. The van der Waals surface area contributed by atoms with E-state index in [1.165, 1.54) is 0 Å². The topological polar surface area (TPSA) is 47.6 Å². The zero-order valence-electron chi connectivity index (χ0n) is 10.3. The summed E-state index contributed by atoms with van der Waals surface area (Å²) in [5, 5.41) is 3.59. The Bertz CT molecular complexity index is 525. The van der Waals surface area contributed by atoms with Crippen LogP contribution in [0.3, 0.4) is 0 Å². The number of nitrogens with one attached hydrogen (secondary N) is 1. The molecule has 1 aromatic rings. The third-order valence-electron chi connectivity index (χ3n) is 3.68. The first-order valence-electron chi connectivity index (χ1n) is 6.17. The van der Waals surface area contributed by atoms with Gasteiger partial charge in [0.25, 0.3) is 0 Å². The standard InChI is InChI=1S/C14H14ClNO3/c15-11-4-2-1-3-10(11)13(12-7-18-9-19-12)14(5-6-14)16-8-17/h1-4,7-8,13H,5-6,9H2,(H,16,17). The van der Waals surface area contributed by atoms with Gasteiger partial charge in [-0.25, -0.2) is 0 Å². The first kappa shape index (κ1) is 12.4. The minimum Gasteiger partial charge on any atom is -0.462 e. The molecule has 19 heavy (non-hydrogen) atoms. The van der Waals surface area contributed by atoms with E-state index in [2.05, 4.69) is 5.32 Å². The lowest BCUT2D eigenvalue weighted by molar-refractivity contribution is -0.110. The van der Waals surface area contributed by atoms with E-state index in [1.807, 2.05) is 24.3 Å². The van der Waals surface area contributed by atoms with Crippen LogP contribution in [0.5, 0.6) is 0 Å². The Morgan fingerprint density at radius 3 is 2.74 bits per heavy atom. The lowest BCUT2D eigenvalue weighted by atomic mass is 9.87. The van der Waals surface area contributed by atoms with Crippen molar-refractivity contribution in [3.05, 3.63) is 46.9 Å². The summed E-state index contributed by atoms with van der Waals surface area (Å²) in [4.78, 5) is 10.9. The van der Waals surface area contributed by atoms with Crippen LogP contribution in [-0.4, -0.2) is 18.7 Å². The Kier molecular flexibility index (Phi) is 3.11. The highest BCUT2D eigenvalue weighted by Gasteiger charge is 2.53. The Hall–Kier alpha value is -1.68. The highest BCUT2D eigenvalue weighted by Crippen LogP contribution is 2.52. The molecular weight excluding hydrogens is 266 g/mol. The molecule has 1 fully saturated rings. The van der Waals surface area contributed by atoms with Crippen LogP contribution in [0, 0.1) is 0 Å². The maximum atomic E-state index is 10.9. The molecular formula is C14H14ClNO3. The van der Waals surface area contributed by atoms with Crippen molar-refractivity contribution >= 4 is 18.0 Å². The van der Waals surface area contributed by atoms with E-state index in [-0.39, 0.29) is 18.2 Å². The van der Waals surface area contributed by atoms with E-state index in [1.54, 1.807) is 6.26 Å². The van der Waals surface area contributed by atoms with Gasteiger partial charge in [0.15, 0.2) is 0 Å². The van der Waals surface area contributed by atoms with Crippen molar-refractivity contribution in [3.63, 3.8) is 0 Å². The molecule has 3 rings (SSSR count). The normalized spacial score (nSPS) is 20.8. The third kappa shape index (κ3) is 2.16. The van der Waals surface area contributed by atoms with Gasteiger partial charge in [0.05, 0.1) is 11.5 Å². The van der Waals surface area contributed by atoms with Crippen LogP contribution in [0.1, 0.15) is 24.3 Å². The van der Waals surface area contributed by atoms with Gasteiger partial charge in [0, 0.05) is 5.02 Å². The molecule has 1 aliphatic carbocycles. The molecule has 1 saturated carbocycles. The Morgan fingerprint density at radius 2 is 2.16 bits per heavy atom. The summed E-state index contributed by atoms with van der Waals surface area (Å²) >= 11 is 6.29. The maximum absolute atomic E-state index is 10.9. The summed E-state index contributed by atoms with van der Waals surface area (Å²) < 4.78 is 10.7. The largest absolute Gasteiger partial charge is 0.462 e. The van der Waals surface area contributed by atoms with Crippen LogP contribution in [0.4, 0.5) is 0 Å². The van der Waals surface area contributed by atoms with Crippen LogP contribution in [0.15, 0.2) is 36.3 Å². The van der Waals surface area contributed by atoms with Crippen LogP contribution < -0.4 is 5.32 Å². The zero-order chi connectivity index (χ0) is 13.3. The second-order valence-corrected chi connectivity index (χ2v) is 5.23. The van der Waals surface area contributed by atoms with E-state index in [0.29, 0.717) is 5.02 Å². The molecule has 4 nitrogen and oxygen atoms in total. The molecule has 1 aromatic carbocycles. The predicted molar refractivity (Wildman–Crippen MR) is 70.5 cm³/mol. The van der Waals surface area contributed by atoms with E-state index in [0.717, 1.165) is 30.6 Å². The van der Waals surface area contributed by atoms with Crippen molar-refractivity contribution in [2.24, 2.45) is 0 Å². The second-order valence-electron chi connectivity index (χ2n) is 4.82. The lowest BCUT2D eigenvalue weighted by Gasteiger charge is -2.27. The summed E-state index contributed by atoms with van der Waals surface area (Å²) in [6.07, 6.45) is 4.17. The van der Waals surface area contributed by atoms with Crippen LogP contribution >= 0.6 is 11.6 Å². The second kappa shape index (κ2) is 4.78. The van der Waals surface area contributed by atoms with E-state index in [4.69, 9.17) is 21.1 Å². The molecule has 1 heterocycles. The van der Waals surface area contributed by atoms with Crippen molar-refractivity contribution in [1.29, 1.82) is 0 Å². The summed E-state index contributed by atoms with van der Waals surface area (Å²) in [7, 11) is 0. The van der Waals surface area contributed by atoms with Crippen molar-refractivity contribution in [2.75, 3.05) is 6.79 Å². The summed E-state index contributed by atoms with van der Waals surface area (Å²) in [5.74, 6) is 0.619. The number of amides is 1. The minimum absolute atomic E-state index is 0.103. The van der Waals surface area contributed by atoms with Crippen molar-refractivity contribution in [1.82, 2.24) is 5.32 Å². The number of carbonyl (C=O) groups excluding carboxylic acids is 1. The first-order valence-corrected chi connectivity index (χ1v) is 6.55. The third-order valence-corrected chi connectivity index (χ3v) is 4.03. The molecule has 0 saturated heterocycles. The van der Waals surface area contributed by atoms with Gasteiger partial charge in [-0.15, -0.1) is 0 Å². The molecule has 1 atom stereocenters. The average molecular weight is 280 g/mol. The van der Waals surface area contributed by atoms with Crippen LogP contribution in [-0.2, 0) is 14.3 Å². The van der Waals surface area contributed by atoms with E-state index >= 15 is 0 Å². The Morgan fingerprint density at radius 1 is 1.37 bits per heavy atom. The number of rotatable bonds is 5.